The number of nitrogens with one attached hydrogen (secondary N) is 1. The fourth-order valence-corrected chi connectivity index (χ4v) is 1.12. The van der Waals surface area contributed by atoms with Crippen molar-refractivity contribution in [3.05, 3.63) is 23.8 Å². The number of hydrogen-bond acceptors (Lipinski definition) is 4. The maximum absolute atomic E-state index is 11.6. The summed E-state index contributed by atoms with van der Waals surface area (Å²) in [6.45, 7) is 1.63. The molecule has 6 heteroatoms. The zero-order valence-corrected chi connectivity index (χ0v) is 9.41. The number of aromatic hydroxyl groups is 2. The fourth-order valence-electron chi connectivity index (χ4n) is 1.06. The summed E-state index contributed by atoms with van der Waals surface area (Å²) in [5.74, 6) is -1.36. The predicted octanol–water partition coefficient (Wildman–Crippen LogP) is 0.502. The molecule has 0 aliphatic rings. The second-order valence-electron chi connectivity index (χ2n) is 3.27. The van der Waals surface area contributed by atoms with E-state index < -0.39 is 17.7 Å². The first-order valence-corrected chi connectivity index (χ1v) is 4.95. The molecule has 1 unspecified atom stereocenters. The molecule has 86 valence electrons. The van der Waals surface area contributed by atoms with Crippen molar-refractivity contribution >= 4 is 23.1 Å². The normalized spacial score (nSPS) is 11.8. The maximum Gasteiger partial charge on any atom is 0.255 e. The number of phenols is 2. The van der Waals surface area contributed by atoms with Crippen LogP contribution >= 0.6 is 12.2 Å². The molecule has 16 heavy (non-hydrogen) atoms. The quantitative estimate of drug-likeness (QED) is 0.456. The van der Waals surface area contributed by atoms with Crippen molar-refractivity contribution in [1.29, 1.82) is 0 Å². The molecule has 0 spiro atoms. The van der Waals surface area contributed by atoms with Crippen LogP contribution in [0.5, 0.6) is 11.5 Å². The number of benzene rings is 1. The van der Waals surface area contributed by atoms with E-state index in [9.17, 15) is 15.0 Å². The van der Waals surface area contributed by atoms with E-state index >= 15 is 0 Å². The SMILES string of the molecule is CC(NC(=O)c1cccc(O)c1O)C(N)=S. The summed E-state index contributed by atoms with van der Waals surface area (Å²) in [7, 11) is 0. The molecular formula is C10H12N2O3S. The van der Waals surface area contributed by atoms with Crippen LogP contribution in [0.1, 0.15) is 17.3 Å². The van der Waals surface area contributed by atoms with E-state index in [4.69, 9.17) is 18.0 Å². The number of phenolic OH excluding ortho intramolecular Hbond substituents is 2. The van der Waals surface area contributed by atoms with Crippen molar-refractivity contribution in [3.63, 3.8) is 0 Å². The molecule has 0 fully saturated rings. The van der Waals surface area contributed by atoms with Gasteiger partial charge in [0.1, 0.15) is 0 Å². The largest absolute Gasteiger partial charge is 0.504 e. The van der Waals surface area contributed by atoms with Gasteiger partial charge in [-0.3, -0.25) is 4.79 Å². The van der Waals surface area contributed by atoms with Gasteiger partial charge in [0.25, 0.3) is 5.91 Å². The Morgan fingerprint density at radius 2 is 2.12 bits per heavy atom. The van der Waals surface area contributed by atoms with Crippen molar-refractivity contribution in [2.45, 2.75) is 13.0 Å². The number of para-hydroxylation sites is 1. The van der Waals surface area contributed by atoms with Crippen LogP contribution in [0.15, 0.2) is 18.2 Å². The Balaban J connectivity index is 2.89. The summed E-state index contributed by atoms with van der Waals surface area (Å²) in [6.07, 6.45) is 0. The first-order chi connectivity index (χ1) is 7.43. The van der Waals surface area contributed by atoms with Gasteiger partial charge in [-0.2, -0.15) is 0 Å². The lowest BCUT2D eigenvalue weighted by molar-refractivity contribution is 0.0946. The minimum atomic E-state index is -0.547. The number of carbonyl (C=O) groups excluding carboxylic acids is 1. The van der Waals surface area contributed by atoms with Crippen molar-refractivity contribution in [2.75, 3.05) is 0 Å². The number of rotatable bonds is 3. The highest BCUT2D eigenvalue weighted by atomic mass is 32.1. The van der Waals surface area contributed by atoms with E-state index in [-0.39, 0.29) is 16.3 Å². The minimum Gasteiger partial charge on any atom is -0.504 e. The van der Waals surface area contributed by atoms with E-state index in [1.165, 1.54) is 18.2 Å². The first kappa shape index (κ1) is 12.3. The predicted molar refractivity (Wildman–Crippen MR) is 63.5 cm³/mol. The molecular weight excluding hydrogens is 228 g/mol. The molecule has 1 aromatic rings. The standard InChI is InChI=1S/C10H12N2O3S/c1-5(9(11)16)12-10(15)6-3-2-4-7(13)8(6)14/h2-5,13-14H,1H3,(H2,11,16)(H,12,15). The molecule has 1 aromatic carbocycles. The van der Waals surface area contributed by atoms with E-state index in [1.54, 1.807) is 6.92 Å². The van der Waals surface area contributed by atoms with E-state index in [2.05, 4.69) is 5.32 Å². The molecule has 0 aliphatic heterocycles. The fraction of sp³-hybridized carbons (Fsp3) is 0.200. The lowest BCUT2D eigenvalue weighted by Gasteiger charge is -2.12. The average molecular weight is 240 g/mol. The smallest absolute Gasteiger partial charge is 0.255 e. The maximum atomic E-state index is 11.6. The number of amides is 1. The topological polar surface area (TPSA) is 95.6 Å². The molecule has 0 aliphatic carbocycles. The Bertz CT molecular complexity index is 434. The Labute approximate surface area is 97.9 Å². The molecule has 0 heterocycles. The Morgan fingerprint density at radius 3 is 2.69 bits per heavy atom. The van der Waals surface area contributed by atoms with Gasteiger partial charge in [-0.1, -0.05) is 18.3 Å². The van der Waals surface area contributed by atoms with Gasteiger partial charge < -0.3 is 21.3 Å². The van der Waals surface area contributed by atoms with Crippen LogP contribution in [-0.2, 0) is 0 Å². The molecule has 1 amide bonds. The van der Waals surface area contributed by atoms with Gasteiger partial charge >= 0.3 is 0 Å². The van der Waals surface area contributed by atoms with E-state index in [0.29, 0.717) is 0 Å². The summed E-state index contributed by atoms with van der Waals surface area (Å²) < 4.78 is 0. The Hall–Kier alpha value is -1.82. The van der Waals surface area contributed by atoms with E-state index in [0.717, 1.165) is 0 Å². The minimum absolute atomic E-state index is 0.0249. The second kappa shape index (κ2) is 4.80. The summed E-state index contributed by atoms with van der Waals surface area (Å²) >= 11 is 4.70. The van der Waals surface area contributed by atoms with Gasteiger partial charge in [-0.25, -0.2) is 0 Å². The van der Waals surface area contributed by atoms with Crippen LogP contribution in [0.4, 0.5) is 0 Å². The van der Waals surface area contributed by atoms with Gasteiger partial charge in [0.15, 0.2) is 11.5 Å². The highest BCUT2D eigenvalue weighted by Crippen LogP contribution is 2.27. The van der Waals surface area contributed by atoms with Gasteiger partial charge in [-0.15, -0.1) is 0 Å². The third kappa shape index (κ3) is 2.60. The van der Waals surface area contributed by atoms with Gasteiger partial charge in [0.2, 0.25) is 0 Å². The monoisotopic (exact) mass is 240 g/mol. The zero-order valence-electron chi connectivity index (χ0n) is 8.60. The molecule has 5 N–H and O–H groups in total. The molecule has 0 radical (unpaired) electrons. The molecule has 1 rings (SSSR count). The molecule has 1 atom stereocenters. The lowest BCUT2D eigenvalue weighted by atomic mass is 10.1. The zero-order chi connectivity index (χ0) is 12.3. The molecule has 0 saturated heterocycles. The van der Waals surface area contributed by atoms with Crippen LogP contribution in [0.3, 0.4) is 0 Å². The van der Waals surface area contributed by atoms with Crippen LogP contribution in [-0.4, -0.2) is 27.2 Å². The summed E-state index contributed by atoms with van der Waals surface area (Å²) in [4.78, 5) is 11.8. The van der Waals surface area contributed by atoms with Gasteiger partial charge in [-0.05, 0) is 19.1 Å². The first-order valence-electron chi connectivity index (χ1n) is 4.54. The summed E-state index contributed by atoms with van der Waals surface area (Å²) in [6, 6.07) is 3.64. The molecule has 5 nitrogen and oxygen atoms in total. The highest BCUT2D eigenvalue weighted by molar-refractivity contribution is 7.80. The van der Waals surface area contributed by atoms with Crippen LogP contribution in [0.25, 0.3) is 0 Å². The second-order valence-corrected chi connectivity index (χ2v) is 3.74. The van der Waals surface area contributed by atoms with Gasteiger partial charge in [0.05, 0.1) is 16.6 Å². The van der Waals surface area contributed by atoms with Gasteiger partial charge in [0, 0.05) is 0 Å². The molecule has 0 bridgehead atoms. The van der Waals surface area contributed by atoms with Crippen LogP contribution < -0.4 is 11.1 Å². The van der Waals surface area contributed by atoms with Crippen molar-refractivity contribution < 1.29 is 15.0 Å². The van der Waals surface area contributed by atoms with Crippen molar-refractivity contribution in [3.8, 4) is 11.5 Å². The third-order valence-corrected chi connectivity index (χ3v) is 2.39. The van der Waals surface area contributed by atoms with Crippen LogP contribution in [0, 0.1) is 0 Å². The van der Waals surface area contributed by atoms with Crippen LogP contribution in [0.2, 0.25) is 0 Å². The molecule has 0 aromatic heterocycles. The third-order valence-electron chi connectivity index (χ3n) is 2.03. The average Bonchev–Trinajstić information content (AvgIpc) is 2.21. The van der Waals surface area contributed by atoms with Crippen molar-refractivity contribution in [1.82, 2.24) is 5.32 Å². The lowest BCUT2D eigenvalue weighted by Crippen LogP contribution is -2.41. The number of carbonyl (C=O) groups is 1. The van der Waals surface area contributed by atoms with E-state index in [1.807, 2.05) is 0 Å². The highest BCUT2D eigenvalue weighted by Gasteiger charge is 2.16. The number of nitrogens with two attached hydrogens (primary N) is 1. The number of thiocarbonyl (C=S) groups is 1. The molecule has 0 saturated carbocycles. The Morgan fingerprint density at radius 1 is 1.50 bits per heavy atom. The Kier molecular flexibility index (Phi) is 3.68. The summed E-state index contributed by atoms with van der Waals surface area (Å²) in [5, 5.41) is 21.1. The summed E-state index contributed by atoms with van der Waals surface area (Å²) in [5.41, 5.74) is 5.31. The van der Waals surface area contributed by atoms with Crippen molar-refractivity contribution in [2.24, 2.45) is 5.73 Å². The number of hydrogen-bond donors (Lipinski definition) is 4.